The van der Waals surface area contributed by atoms with Crippen molar-refractivity contribution in [2.75, 3.05) is 9.80 Å². The van der Waals surface area contributed by atoms with Gasteiger partial charge in [0.2, 0.25) is 0 Å². The van der Waals surface area contributed by atoms with Crippen molar-refractivity contribution in [3.63, 3.8) is 0 Å². The number of fused-ring (bicyclic) bond motifs is 5. The van der Waals surface area contributed by atoms with Crippen LogP contribution in [0.25, 0.3) is 88.0 Å². The standard InChI is InChI=1S/C101H104N2/c1-62(2)80-55-88(64(5)6)99(89(56-80)65(7)8)78-39-35-74(36-40-78)72-31-33-73(34-32-72)77-45-49-83(50-46-77)102(95-51-30-68(13)54-70(95)15)97-59-92-85-26-20-22-28-87(85)98(60-93(92)84-25-19-21-27-86(84)97)103(94-29-23-18-24-69(94)14)96-52-53-101(17,61-71(96)16)82-47-43-76(44-48-82)75-37-41-79(42-38-75)100-90(66(9)10)57-81(63(3)4)58-91(100)67(11)12/h18-23,25-60,62-67,69H,24,61H2,1-17H3. The molecular weight excluding hydrogens is 1240 g/mol. The van der Waals surface area contributed by atoms with Crippen LogP contribution in [0.3, 0.4) is 0 Å². The van der Waals surface area contributed by atoms with E-state index in [0.29, 0.717) is 41.4 Å². The van der Waals surface area contributed by atoms with Gasteiger partial charge < -0.3 is 9.80 Å². The monoisotopic (exact) mass is 1340 g/mol. The molecule has 0 aromatic heterocycles. The van der Waals surface area contributed by atoms with E-state index in [2.05, 4.69) is 382 Å². The molecule has 518 valence electrons. The summed E-state index contributed by atoms with van der Waals surface area (Å²) < 4.78 is 0. The first-order valence-electron chi connectivity index (χ1n) is 38.2. The van der Waals surface area contributed by atoms with Gasteiger partial charge in [0, 0.05) is 44.9 Å². The highest BCUT2D eigenvalue weighted by Crippen LogP contribution is 2.51. The number of hydrogen-bond acceptors (Lipinski definition) is 2. The lowest BCUT2D eigenvalue weighted by atomic mass is 9.73. The van der Waals surface area contributed by atoms with Crippen LogP contribution in [0.1, 0.15) is 202 Å². The summed E-state index contributed by atoms with van der Waals surface area (Å²) in [7, 11) is 0. The van der Waals surface area contributed by atoms with E-state index >= 15 is 0 Å². The molecule has 0 fully saturated rings. The minimum atomic E-state index is -0.199. The lowest BCUT2D eigenvalue weighted by molar-refractivity contribution is 0.572. The van der Waals surface area contributed by atoms with E-state index in [1.54, 1.807) is 0 Å². The Bertz CT molecular complexity index is 5230. The van der Waals surface area contributed by atoms with E-state index < -0.39 is 0 Å². The first kappa shape index (κ1) is 70.0. The molecule has 12 aromatic rings. The smallest absolute Gasteiger partial charge is 0.0546 e. The maximum atomic E-state index is 2.63. The summed E-state index contributed by atoms with van der Waals surface area (Å²) in [5.74, 6) is 3.00. The van der Waals surface area contributed by atoms with Gasteiger partial charge in [0.05, 0.1) is 11.4 Å². The van der Waals surface area contributed by atoms with Crippen LogP contribution in [0.15, 0.2) is 272 Å². The fourth-order valence-corrected chi connectivity index (χ4v) is 16.7. The third kappa shape index (κ3) is 13.5. The van der Waals surface area contributed by atoms with Crippen molar-refractivity contribution in [2.24, 2.45) is 5.92 Å². The molecule has 103 heavy (non-hydrogen) atoms. The maximum absolute atomic E-state index is 2.63. The molecule has 2 unspecified atom stereocenters. The minimum Gasteiger partial charge on any atom is -0.313 e. The van der Waals surface area contributed by atoms with Gasteiger partial charge in [-0.1, -0.05) is 315 Å². The van der Waals surface area contributed by atoms with Gasteiger partial charge in [0.25, 0.3) is 0 Å². The highest BCUT2D eigenvalue weighted by molar-refractivity contribution is 6.24. The molecule has 12 aromatic carbocycles. The predicted octanol–water partition coefficient (Wildman–Crippen LogP) is 29.8. The molecule has 0 saturated heterocycles. The highest BCUT2D eigenvalue weighted by Gasteiger charge is 2.34. The van der Waals surface area contributed by atoms with Gasteiger partial charge in [-0.3, -0.25) is 0 Å². The molecule has 14 rings (SSSR count). The van der Waals surface area contributed by atoms with Gasteiger partial charge in [0.15, 0.2) is 0 Å². The van der Waals surface area contributed by atoms with Crippen LogP contribution in [0.2, 0.25) is 0 Å². The number of hydrogen-bond donors (Lipinski definition) is 0. The number of nitrogens with zero attached hydrogens (tertiary/aromatic N) is 2. The molecule has 2 heteroatoms. The van der Waals surface area contributed by atoms with Crippen LogP contribution < -0.4 is 9.80 Å². The minimum absolute atomic E-state index is 0.199. The quantitative estimate of drug-likeness (QED) is 0.0790. The molecule has 0 bridgehead atoms. The molecule has 2 nitrogen and oxygen atoms in total. The molecule has 2 aliphatic rings. The molecule has 2 aliphatic carbocycles. The van der Waals surface area contributed by atoms with Crippen LogP contribution >= 0.6 is 0 Å². The topological polar surface area (TPSA) is 6.48 Å². The van der Waals surface area contributed by atoms with Gasteiger partial charge in [-0.05, 0) is 239 Å². The molecule has 0 saturated carbocycles. The largest absolute Gasteiger partial charge is 0.313 e. The van der Waals surface area contributed by atoms with Crippen LogP contribution in [0, 0.1) is 19.8 Å². The second kappa shape index (κ2) is 28.7. The number of rotatable bonds is 18. The van der Waals surface area contributed by atoms with E-state index in [-0.39, 0.29) is 5.41 Å². The molecule has 0 aliphatic heterocycles. The Hall–Kier alpha value is -10.0. The number of aryl methyl sites for hydroxylation is 2. The third-order valence-electron chi connectivity index (χ3n) is 22.7. The first-order valence-corrected chi connectivity index (χ1v) is 38.2. The fraction of sp³-hybridized carbons (Fsp3) is 0.267. The molecule has 0 spiro atoms. The van der Waals surface area contributed by atoms with Crippen molar-refractivity contribution in [3.8, 4) is 55.6 Å². The molecular formula is C101H104N2. The lowest BCUT2D eigenvalue weighted by Crippen LogP contribution is -2.31. The SMILES string of the molecule is CC1=C(N(C2=CC=CCC2C)c2cc3c4ccccc4c(N(c4ccc(-c5ccc(-c6ccc(-c7c(C(C)C)cc(C(C)C)cc7C(C)C)cc6)cc5)cc4)c4ccc(C)cc4C)cc3c3ccccc23)C=CC(C)(c2ccc(-c3ccc(-c4c(C(C)C)cc(C(C)C)cc4C(C)C)cc3)cc2)C1. The van der Waals surface area contributed by atoms with Gasteiger partial charge in [0.1, 0.15) is 0 Å². The first-order chi connectivity index (χ1) is 49.5. The zero-order chi connectivity index (χ0) is 72.3. The summed E-state index contributed by atoms with van der Waals surface area (Å²) in [5, 5.41) is 7.36. The molecule has 0 heterocycles. The zero-order valence-corrected chi connectivity index (χ0v) is 64.1. The summed E-state index contributed by atoms with van der Waals surface area (Å²) in [5.41, 5.74) is 33.5. The van der Waals surface area contributed by atoms with Crippen molar-refractivity contribution >= 4 is 55.1 Å². The van der Waals surface area contributed by atoms with E-state index in [1.807, 2.05) is 0 Å². The van der Waals surface area contributed by atoms with Gasteiger partial charge in [-0.25, -0.2) is 0 Å². The van der Waals surface area contributed by atoms with Gasteiger partial charge >= 0.3 is 0 Å². The van der Waals surface area contributed by atoms with Crippen molar-refractivity contribution < 1.29 is 0 Å². The summed E-state index contributed by atoms with van der Waals surface area (Å²) in [4.78, 5) is 5.14. The Morgan fingerprint density at radius 3 is 1.16 bits per heavy atom. The Balaban J connectivity index is 0.792. The molecule has 0 N–H and O–H groups in total. The maximum Gasteiger partial charge on any atom is 0.0546 e. The Morgan fingerprint density at radius 2 is 0.767 bits per heavy atom. The van der Waals surface area contributed by atoms with Crippen molar-refractivity contribution in [1.29, 1.82) is 0 Å². The second-order valence-corrected chi connectivity index (χ2v) is 32.1. The average Bonchev–Trinajstić information content (AvgIpc) is 0.724. The normalized spacial score (nSPS) is 15.6. The Kier molecular flexibility index (Phi) is 19.5. The van der Waals surface area contributed by atoms with Gasteiger partial charge in [-0.2, -0.15) is 0 Å². The van der Waals surface area contributed by atoms with Crippen LogP contribution in [-0.2, 0) is 5.41 Å². The third-order valence-corrected chi connectivity index (χ3v) is 22.7. The number of anilines is 4. The lowest BCUT2D eigenvalue weighted by Gasteiger charge is -2.39. The Morgan fingerprint density at radius 1 is 0.379 bits per heavy atom. The van der Waals surface area contributed by atoms with Gasteiger partial charge in [-0.15, -0.1) is 0 Å². The van der Waals surface area contributed by atoms with Crippen molar-refractivity contribution in [1.82, 2.24) is 0 Å². The summed E-state index contributed by atoms with van der Waals surface area (Å²) >= 11 is 0. The van der Waals surface area contributed by atoms with Crippen molar-refractivity contribution in [2.45, 2.75) is 171 Å². The zero-order valence-electron chi connectivity index (χ0n) is 64.1. The molecule has 2 atom stereocenters. The predicted molar refractivity (Wildman–Crippen MR) is 449 cm³/mol. The van der Waals surface area contributed by atoms with Crippen LogP contribution in [0.5, 0.6) is 0 Å². The summed E-state index contributed by atoms with van der Waals surface area (Å²) in [6.45, 7) is 39.6. The van der Waals surface area contributed by atoms with E-state index in [1.165, 1.54) is 161 Å². The summed E-state index contributed by atoms with van der Waals surface area (Å²) in [6, 6.07) is 86.5. The highest BCUT2D eigenvalue weighted by atomic mass is 15.2. The van der Waals surface area contributed by atoms with E-state index in [0.717, 1.165) is 29.9 Å². The molecule has 0 radical (unpaired) electrons. The van der Waals surface area contributed by atoms with E-state index in [4.69, 9.17) is 0 Å². The van der Waals surface area contributed by atoms with Crippen LogP contribution in [-0.4, -0.2) is 0 Å². The second-order valence-electron chi connectivity index (χ2n) is 32.1. The van der Waals surface area contributed by atoms with E-state index in [9.17, 15) is 0 Å². The summed E-state index contributed by atoms with van der Waals surface area (Å²) in [6.07, 6.45) is 13.8. The molecule has 0 amide bonds. The Labute approximate surface area is 615 Å². The van der Waals surface area contributed by atoms with Crippen molar-refractivity contribution in [3.05, 3.63) is 322 Å². The average molecular weight is 1350 g/mol. The fourth-order valence-electron chi connectivity index (χ4n) is 16.7. The number of benzene rings is 12. The van der Waals surface area contributed by atoms with Crippen LogP contribution in [0.4, 0.5) is 22.7 Å². The number of allylic oxidation sites excluding steroid dienone is 7.